The van der Waals surface area contributed by atoms with Crippen molar-refractivity contribution in [3.63, 3.8) is 0 Å². The molecule has 35 heavy (non-hydrogen) atoms. The van der Waals surface area contributed by atoms with E-state index in [2.05, 4.69) is 5.32 Å². The third kappa shape index (κ3) is 6.32. The second kappa shape index (κ2) is 11.2. The van der Waals surface area contributed by atoms with E-state index < -0.39 is 28.4 Å². The molecule has 1 amide bonds. The topological polar surface area (TPSA) is 102 Å². The highest BCUT2D eigenvalue weighted by Gasteiger charge is 2.28. The van der Waals surface area contributed by atoms with Crippen molar-refractivity contribution < 1.29 is 27.5 Å². The van der Waals surface area contributed by atoms with Gasteiger partial charge in [0.05, 0.1) is 34.9 Å². The van der Waals surface area contributed by atoms with Gasteiger partial charge in [0.15, 0.2) is 0 Å². The first-order valence-electron chi connectivity index (χ1n) is 10.7. The lowest BCUT2D eigenvalue weighted by Crippen LogP contribution is -2.38. The van der Waals surface area contributed by atoms with Crippen LogP contribution in [0.2, 0.25) is 5.02 Å². The van der Waals surface area contributed by atoms with Crippen LogP contribution in [0, 0.1) is 6.92 Å². The molecule has 0 spiro atoms. The Labute approximate surface area is 209 Å². The van der Waals surface area contributed by atoms with Crippen LogP contribution in [0.5, 0.6) is 5.75 Å². The number of ether oxygens (including phenoxy) is 2. The fraction of sp³-hybridized carbons (Fsp3) is 0.200. The maximum Gasteiger partial charge on any atom is 0.339 e. The van der Waals surface area contributed by atoms with Crippen LogP contribution in [0.15, 0.2) is 71.6 Å². The minimum atomic E-state index is -4.10. The predicted octanol–water partition coefficient (Wildman–Crippen LogP) is 4.67. The van der Waals surface area contributed by atoms with Crippen molar-refractivity contribution in [1.82, 2.24) is 0 Å². The number of methoxy groups -OCH3 is 1. The van der Waals surface area contributed by atoms with Crippen LogP contribution in [0.25, 0.3) is 0 Å². The van der Waals surface area contributed by atoms with Crippen molar-refractivity contribution in [2.75, 3.05) is 29.9 Å². The molecular formula is C25H25ClN2O6S. The summed E-state index contributed by atoms with van der Waals surface area (Å²) < 4.78 is 38.2. The van der Waals surface area contributed by atoms with Gasteiger partial charge < -0.3 is 14.8 Å². The van der Waals surface area contributed by atoms with Crippen molar-refractivity contribution in [2.45, 2.75) is 18.7 Å². The number of nitrogens with one attached hydrogen (secondary N) is 1. The molecule has 0 heterocycles. The Kier molecular flexibility index (Phi) is 8.37. The number of hydrogen-bond acceptors (Lipinski definition) is 6. The molecule has 0 aliphatic heterocycles. The van der Waals surface area contributed by atoms with E-state index in [0.717, 1.165) is 9.87 Å². The lowest BCUT2D eigenvalue weighted by molar-refractivity contribution is -0.114. The number of nitrogens with zero attached hydrogens (tertiary/aromatic N) is 1. The maximum atomic E-state index is 13.5. The summed E-state index contributed by atoms with van der Waals surface area (Å²) in [5, 5.41) is 2.79. The highest BCUT2D eigenvalue weighted by molar-refractivity contribution is 7.92. The summed E-state index contributed by atoms with van der Waals surface area (Å²) in [6.07, 6.45) is 0. The molecule has 0 bridgehead atoms. The Morgan fingerprint density at radius 1 is 1.03 bits per heavy atom. The first-order chi connectivity index (χ1) is 16.6. The molecule has 0 saturated carbocycles. The Morgan fingerprint density at radius 2 is 1.74 bits per heavy atom. The van der Waals surface area contributed by atoms with Crippen molar-refractivity contribution in [1.29, 1.82) is 0 Å². The average Bonchev–Trinajstić information content (AvgIpc) is 2.84. The zero-order chi connectivity index (χ0) is 25.6. The number of aryl methyl sites for hydroxylation is 1. The standard InChI is InChI=1S/C25H25ClN2O6S/c1-4-34-25(30)22-14-18(10-13-23(22)26)27-24(29)16-28(19-6-5-7-20(15-19)33-3)35(31,32)21-11-8-17(2)9-12-21/h5-15H,4,16H2,1-3H3,(H,27,29). The molecule has 1 N–H and O–H groups in total. The van der Waals surface area contributed by atoms with Crippen LogP contribution in [-0.4, -0.2) is 40.6 Å². The summed E-state index contributed by atoms with van der Waals surface area (Å²) in [5.74, 6) is -0.821. The second-order valence-corrected chi connectivity index (χ2v) is 9.76. The molecular weight excluding hydrogens is 492 g/mol. The van der Waals surface area contributed by atoms with Gasteiger partial charge in [-0.1, -0.05) is 35.4 Å². The Morgan fingerprint density at radius 3 is 2.40 bits per heavy atom. The molecule has 3 aromatic rings. The summed E-state index contributed by atoms with van der Waals surface area (Å²) in [6, 6.07) is 17.1. The molecule has 0 fully saturated rings. The zero-order valence-corrected chi connectivity index (χ0v) is 21.0. The van der Waals surface area contributed by atoms with Crippen LogP contribution < -0.4 is 14.4 Å². The Hall–Kier alpha value is -3.56. The summed E-state index contributed by atoms with van der Waals surface area (Å²) in [5.41, 5.74) is 1.50. The maximum absolute atomic E-state index is 13.5. The molecule has 0 atom stereocenters. The fourth-order valence-corrected chi connectivity index (χ4v) is 4.82. The van der Waals surface area contributed by atoms with Gasteiger partial charge in [-0.2, -0.15) is 0 Å². The molecule has 0 aliphatic rings. The SMILES string of the molecule is CCOC(=O)c1cc(NC(=O)CN(c2cccc(OC)c2)S(=O)(=O)c2ccc(C)cc2)ccc1Cl. The van der Waals surface area contributed by atoms with Gasteiger partial charge in [-0.25, -0.2) is 13.2 Å². The highest BCUT2D eigenvalue weighted by atomic mass is 35.5. The van der Waals surface area contributed by atoms with E-state index in [1.807, 2.05) is 6.92 Å². The summed E-state index contributed by atoms with van der Waals surface area (Å²) in [7, 11) is -2.63. The predicted molar refractivity (Wildman–Crippen MR) is 135 cm³/mol. The number of hydrogen-bond donors (Lipinski definition) is 1. The average molecular weight is 517 g/mol. The smallest absolute Gasteiger partial charge is 0.339 e. The number of anilines is 2. The highest BCUT2D eigenvalue weighted by Crippen LogP contribution is 2.28. The van der Waals surface area contributed by atoms with E-state index in [1.165, 1.54) is 43.5 Å². The van der Waals surface area contributed by atoms with Crippen molar-refractivity contribution >= 4 is 44.9 Å². The van der Waals surface area contributed by atoms with Gasteiger partial charge in [-0.15, -0.1) is 0 Å². The largest absolute Gasteiger partial charge is 0.497 e. The first-order valence-corrected chi connectivity index (χ1v) is 12.5. The minimum absolute atomic E-state index is 0.0369. The monoisotopic (exact) mass is 516 g/mol. The van der Waals surface area contributed by atoms with Crippen molar-refractivity contribution in [3.05, 3.63) is 82.9 Å². The van der Waals surface area contributed by atoms with Crippen LogP contribution in [0.4, 0.5) is 11.4 Å². The molecule has 0 aromatic heterocycles. The number of carbonyl (C=O) groups is 2. The summed E-state index contributed by atoms with van der Waals surface area (Å²) in [4.78, 5) is 25.1. The first kappa shape index (κ1) is 26.1. The fourth-order valence-electron chi connectivity index (χ4n) is 3.22. The quantitative estimate of drug-likeness (QED) is 0.415. The van der Waals surface area contributed by atoms with E-state index in [0.29, 0.717) is 5.75 Å². The van der Waals surface area contributed by atoms with Gasteiger partial charge in [0.2, 0.25) is 5.91 Å². The van der Waals surface area contributed by atoms with Crippen molar-refractivity contribution in [3.8, 4) is 5.75 Å². The molecule has 0 aliphatic carbocycles. The van der Waals surface area contributed by atoms with Gasteiger partial charge in [-0.05, 0) is 56.3 Å². The molecule has 0 radical (unpaired) electrons. The molecule has 3 rings (SSSR count). The molecule has 184 valence electrons. The lowest BCUT2D eigenvalue weighted by Gasteiger charge is -2.24. The summed E-state index contributed by atoms with van der Waals surface area (Å²) >= 11 is 6.08. The number of rotatable bonds is 9. The van der Waals surface area contributed by atoms with Gasteiger partial charge in [-0.3, -0.25) is 9.10 Å². The molecule has 3 aromatic carbocycles. The number of halogens is 1. The van der Waals surface area contributed by atoms with E-state index in [1.54, 1.807) is 37.3 Å². The van der Waals surface area contributed by atoms with E-state index in [4.69, 9.17) is 21.1 Å². The van der Waals surface area contributed by atoms with Gasteiger partial charge in [0.25, 0.3) is 10.0 Å². The van der Waals surface area contributed by atoms with Crippen molar-refractivity contribution in [2.24, 2.45) is 0 Å². The van der Waals surface area contributed by atoms with E-state index in [9.17, 15) is 18.0 Å². The molecule has 0 unspecified atom stereocenters. The third-order valence-electron chi connectivity index (χ3n) is 4.98. The Bertz CT molecular complexity index is 1330. The van der Waals surface area contributed by atoms with E-state index in [-0.39, 0.29) is 33.5 Å². The summed E-state index contributed by atoms with van der Waals surface area (Å²) in [6.45, 7) is 3.15. The molecule has 8 nitrogen and oxygen atoms in total. The second-order valence-electron chi connectivity index (χ2n) is 7.49. The number of sulfonamides is 1. The number of amides is 1. The zero-order valence-electron chi connectivity index (χ0n) is 19.4. The number of benzene rings is 3. The molecule has 10 heteroatoms. The molecule has 0 saturated heterocycles. The van der Waals surface area contributed by atoms with Crippen LogP contribution in [0.3, 0.4) is 0 Å². The third-order valence-corrected chi connectivity index (χ3v) is 7.10. The van der Waals surface area contributed by atoms with Gasteiger partial charge in [0, 0.05) is 11.8 Å². The number of carbonyl (C=O) groups excluding carboxylic acids is 2. The van der Waals surface area contributed by atoms with Gasteiger partial charge >= 0.3 is 5.97 Å². The van der Waals surface area contributed by atoms with Crippen LogP contribution in [0.1, 0.15) is 22.8 Å². The van der Waals surface area contributed by atoms with E-state index >= 15 is 0 Å². The van der Waals surface area contributed by atoms with Crippen LogP contribution in [-0.2, 0) is 19.6 Å². The van der Waals surface area contributed by atoms with Crippen LogP contribution >= 0.6 is 11.6 Å². The lowest BCUT2D eigenvalue weighted by atomic mass is 10.2. The Balaban J connectivity index is 1.93. The van der Waals surface area contributed by atoms with Gasteiger partial charge in [0.1, 0.15) is 12.3 Å². The minimum Gasteiger partial charge on any atom is -0.497 e. The normalized spacial score (nSPS) is 11.0. The number of esters is 1.